The van der Waals surface area contributed by atoms with Crippen molar-refractivity contribution in [3.05, 3.63) is 23.9 Å². The molecular weight excluding hydrogens is 226 g/mol. The highest BCUT2D eigenvalue weighted by atomic mass is 16.3. The van der Waals surface area contributed by atoms with Gasteiger partial charge < -0.3 is 14.9 Å². The van der Waals surface area contributed by atoms with E-state index in [-0.39, 0.29) is 0 Å². The molecule has 0 bridgehead atoms. The van der Waals surface area contributed by atoms with Crippen molar-refractivity contribution in [1.82, 2.24) is 9.88 Å². The van der Waals surface area contributed by atoms with Crippen LogP contribution in [0.25, 0.3) is 0 Å². The first-order valence-corrected chi connectivity index (χ1v) is 6.58. The van der Waals surface area contributed by atoms with Crippen molar-refractivity contribution in [3.8, 4) is 0 Å². The molecule has 1 aromatic rings. The zero-order valence-electron chi connectivity index (χ0n) is 11.9. The number of hydrogen-bond acceptors (Lipinski definition) is 4. The lowest BCUT2D eigenvalue weighted by Gasteiger charge is -2.25. The first-order chi connectivity index (χ1) is 8.54. The Morgan fingerprint density at radius 3 is 2.56 bits per heavy atom. The predicted molar refractivity (Wildman–Crippen MR) is 75.9 cm³/mol. The molecule has 0 saturated heterocycles. The summed E-state index contributed by atoms with van der Waals surface area (Å²) in [5.41, 5.74) is 0.922. The molecule has 0 aliphatic heterocycles. The van der Waals surface area contributed by atoms with Crippen molar-refractivity contribution in [3.63, 3.8) is 0 Å². The molecule has 0 saturated carbocycles. The molecule has 0 aliphatic carbocycles. The predicted octanol–water partition coefficient (Wildman–Crippen LogP) is 1.91. The van der Waals surface area contributed by atoms with E-state index in [0.29, 0.717) is 0 Å². The first-order valence-electron chi connectivity index (χ1n) is 6.58. The van der Waals surface area contributed by atoms with Gasteiger partial charge in [0, 0.05) is 25.8 Å². The maximum Gasteiger partial charge on any atom is 0.128 e. The Kier molecular flexibility index (Phi) is 6.09. The Hall–Kier alpha value is -1.13. The lowest BCUT2D eigenvalue weighted by Crippen LogP contribution is -2.33. The van der Waals surface area contributed by atoms with Crippen LogP contribution in [0.3, 0.4) is 0 Å². The van der Waals surface area contributed by atoms with Crippen LogP contribution in [0.2, 0.25) is 0 Å². The van der Waals surface area contributed by atoms with Crippen molar-refractivity contribution in [2.24, 2.45) is 0 Å². The van der Waals surface area contributed by atoms with Crippen LogP contribution in [0.5, 0.6) is 0 Å². The van der Waals surface area contributed by atoms with Crippen LogP contribution in [0.15, 0.2) is 18.3 Å². The lowest BCUT2D eigenvalue weighted by atomic mass is 10.1. The molecule has 0 aromatic carbocycles. The molecule has 0 spiro atoms. The molecule has 18 heavy (non-hydrogen) atoms. The van der Waals surface area contributed by atoms with E-state index in [0.717, 1.165) is 37.4 Å². The first kappa shape index (κ1) is 14.9. The molecule has 0 amide bonds. The zero-order valence-corrected chi connectivity index (χ0v) is 11.9. The second-order valence-electron chi connectivity index (χ2n) is 4.91. The van der Waals surface area contributed by atoms with Crippen LogP contribution in [0.1, 0.15) is 31.9 Å². The fraction of sp³-hybridized carbons (Fsp3) is 0.643. The lowest BCUT2D eigenvalue weighted by molar-refractivity contribution is 0.199. The van der Waals surface area contributed by atoms with Crippen molar-refractivity contribution in [2.75, 3.05) is 38.6 Å². The number of aromatic nitrogens is 1. The Bertz CT molecular complexity index is 353. The molecule has 4 heteroatoms. The summed E-state index contributed by atoms with van der Waals surface area (Å²) in [6.07, 6.45) is 2.42. The van der Waals surface area contributed by atoms with Crippen molar-refractivity contribution < 1.29 is 5.11 Å². The SMILES string of the molecule is CCCN(CCN(C)C)c1cc([C@H](C)O)ccn1. The molecule has 1 heterocycles. The fourth-order valence-electron chi connectivity index (χ4n) is 1.80. The summed E-state index contributed by atoms with van der Waals surface area (Å²) in [7, 11) is 4.15. The average molecular weight is 251 g/mol. The van der Waals surface area contributed by atoms with Gasteiger partial charge in [-0.25, -0.2) is 4.98 Å². The molecule has 0 unspecified atom stereocenters. The number of anilines is 1. The van der Waals surface area contributed by atoms with Gasteiger partial charge in [-0.15, -0.1) is 0 Å². The molecule has 0 radical (unpaired) electrons. The number of pyridine rings is 1. The standard InChI is InChI=1S/C14H25N3O/c1-5-8-17(10-9-16(3)4)14-11-13(12(2)18)6-7-15-14/h6-7,11-12,18H,5,8-10H2,1-4H3/t12-/m0/s1. The second kappa shape index (κ2) is 7.34. The molecule has 1 atom stereocenters. The quantitative estimate of drug-likeness (QED) is 0.803. The Morgan fingerprint density at radius 1 is 1.28 bits per heavy atom. The highest BCUT2D eigenvalue weighted by Gasteiger charge is 2.09. The van der Waals surface area contributed by atoms with Gasteiger partial charge in [-0.05, 0) is 45.1 Å². The average Bonchev–Trinajstić information content (AvgIpc) is 2.34. The Labute approximate surface area is 110 Å². The van der Waals surface area contributed by atoms with E-state index in [1.165, 1.54) is 0 Å². The van der Waals surface area contributed by atoms with Crippen LogP contribution >= 0.6 is 0 Å². The van der Waals surface area contributed by atoms with Gasteiger partial charge in [-0.1, -0.05) is 6.92 Å². The summed E-state index contributed by atoms with van der Waals surface area (Å²) < 4.78 is 0. The highest BCUT2D eigenvalue weighted by molar-refractivity contribution is 5.41. The molecule has 1 rings (SSSR count). The molecular formula is C14H25N3O. The van der Waals surface area contributed by atoms with Crippen molar-refractivity contribution >= 4 is 5.82 Å². The van der Waals surface area contributed by atoms with E-state index in [2.05, 4.69) is 35.8 Å². The van der Waals surface area contributed by atoms with Crippen molar-refractivity contribution in [1.29, 1.82) is 0 Å². The summed E-state index contributed by atoms with van der Waals surface area (Å²) in [6.45, 7) is 6.89. The molecule has 1 aromatic heterocycles. The topological polar surface area (TPSA) is 39.6 Å². The van der Waals surface area contributed by atoms with Crippen LogP contribution in [-0.2, 0) is 0 Å². The molecule has 1 N–H and O–H groups in total. The van der Waals surface area contributed by atoms with Crippen LogP contribution in [-0.4, -0.2) is 48.7 Å². The van der Waals surface area contributed by atoms with Gasteiger partial charge in [0.2, 0.25) is 0 Å². The molecule has 102 valence electrons. The van der Waals surface area contributed by atoms with E-state index in [1.807, 2.05) is 12.1 Å². The molecule has 4 nitrogen and oxygen atoms in total. The van der Waals surface area contributed by atoms with E-state index in [4.69, 9.17) is 0 Å². The third-order valence-corrected chi connectivity index (χ3v) is 2.89. The van der Waals surface area contributed by atoms with E-state index >= 15 is 0 Å². The Morgan fingerprint density at radius 2 is 2.00 bits per heavy atom. The van der Waals surface area contributed by atoms with E-state index < -0.39 is 6.10 Å². The molecule has 0 aliphatic rings. The monoisotopic (exact) mass is 251 g/mol. The van der Waals surface area contributed by atoms with Crippen LogP contribution in [0.4, 0.5) is 5.82 Å². The van der Waals surface area contributed by atoms with Crippen LogP contribution in [0, 0.1) is 0 Å². The zero-order chi connectivity index (χ0) is 13.5. The smallest absolute Gasteiger partial charge is 0.128 e. The van der Waals surface area contributed by atoms with Gasteiger partial charge in [0.05, 0.1) is 6.10 Å². The minimum atomic E-state index is -0.441. The fourth-order valence-corrected chi connectivity index (χ4v) is 1.80. The highest BCUT2D eigenvalue weighted by Crippen LogP contribution is 2.18. The van der Waals surface area contributed by atoms with Gasteiger partial charge in [0.25, 0.3) is 0 Å². The third kappa shape index (κ3) is 4.63. The van der Waals surface area contributed by atoms with Gasteiger partial charge in [-0.3, -0.25) is 0 Å². The Balaban J connectivity index is 2.80. The van der Waals surface area contributed by atoms with Crippen LogP contribution < -0.4 is 4.90 Å². The van der Waals surface area contributed by atoms with Gasteiger partial charge in [-0.2, -0.15) is 0 Å². The molecule has 0 fully saturated rings. The van der Waals surface area contributed by atoms with Gasteiger partial charge in [0.15, 0.2) is 0 Å². The minimum absolute atomic E-state index is 0.441. The summed E-state index contributed by atoms with van der Waals surface area (Å²) in [5.74, 6) is 0.956. The maximum absolute atomic E-state index is 9.62. The maximum atomic E-state index is 9.62. The second-order valence-corrected chi connectivity index (χ2v) is 4.91. The summed E-state index contributed by atoms with van der Waals surface area (Å²) >= 11 is 0. The number of rotatable bonds is 7. The van der Waals surface area contributed by atoms with E-state index in [1.54, 1.807) is 13.1 Å². The number of likely N-dealkylation sites (N-methyl/N-ethyl adjacent to an activating group) is 1. The summed E-state index contributed by atoms with van der Waals surface area (Å²) in [5, 5.41) is 9.62. The minimum Gasteiger partial charge on any atom is -0.389 e. The normalized spacial score (nSPS) is 12.8. The summed E-state index contributed by atoms with van der Waals surface area (Å²) in [6, 6.07) is 3.85. The summed E-state index contributed by atoms with van der Waals surface area (Å²) in [4.78, 5) is 8.85. The number of aliphatic hydroxyl groups is 1. The van der Waals surface area contributed by atoms with Crippen molar-refractivity contribution in [2.45, 2.75) is 26.4 Å². The number of nitrogens with zero attached hydrogens (tertiary/aromatic N) is 3. The van der Waals surface area contributed by atoms with Gasteiger partial charge in [0.1, 0.15) is 5.82 Å². The number of aliphatic hydroxyl groups excluding tert-OH is 1. The van der Waals surface area contributed by atoms with Gasteiger partial charge >= 0.3 is 0 Å². The number of hydrogen-bond donors (Lipinski definition) is 1. The largest absolute Gasteiger partial charge is 0.389 e. The van der Waals surface area contributed by atoms with E-state index in [9.17, 15) is 5.11 Å². The third-order valence-electron chi connectivity index (χ3n) is 2.89.